The second-order valence-corrected chi connectivity index (χ2v) is 7.64. The number of methoxy groups -OCH3 is 1. The van der Waals surface area contributed by atoms with Crippen molar-refractivity contribution in [3.8, 4) is 5.75 Å². The number of carbonyl (C=O) groups is 1. The monoisotopic (exact) mass is 446 g/mol. The number of hydrogen-bond donors (Lipinski definition) is 1. The van der Waals surface area contributed by atoms with Gasteiger partial charge in [-0.15, -0.1) is 0 Å². The van der Waals surface area contributed by atoms with E-state index < -0.39 is 23.1 Å². The zero-order chi connectivity index (χ0) is 22.0. The maximum absolute atomic E-state index is 12.8. The summed E-state index contributed by atoms with van der Waals surface area (Å²) in [5.74, 6) is -2.19. The molecule has 0 saturated heterocycles. The summed E-state index contributed by atoms with van der Waals surface area (Å²) in [7, 11) is 2.77. The first kappa shape index (κ1) is 21.9. The molecule has 0 fully saturated rings. The maximum atomic E-state index is 12.8. The number of aromatic nitrogens is 2. The molecule has 0 aliphatic carbocycles. The van der Waals surface area contributed by atoms with E-state index >= 15 is 0 Å². The number of benzene rings is 2. The first-order chi connectivity index (χ1) is 14.3. The molecule has 1 atom stereocenters. The third-order valence-corrected chi connectivity index (χ3v) is 5.77. The highest BCUT2D eigenvalue weighted by Gasteiger charge is 2.31. The lowest BCUT2D eigenvalue weighted by atomic mass is 9.81. The zero-order valence-corrected chi connectivity index (χ0v) is 18.1. The van der Waals surface area contributed by atoms with Crippen molar-refractivity contribution in [1.29, 1.82) is 0 Å². The Balaban J connectivity index is 2.29. The third kappa shape index (κ3) is 3.93. The van der Waals surface area contributed by atoms with E-state index in [1.165, 1.54) is 18.7 Å². The van der Waals surface area contributed by atoms with Crippen LogP contribution in [0.3, 0.4) is 0 Å². The Morgan fingerprint density at radius 2 is 1.57 bits per heavy atom. The van der Waals surface area contributed by atoms with Gasteiger partial charge in [0.05, 0.1) is 7.11 Å². The molecular formula is C22H20Cl2N2O4. The van der Waals surface area contributed by atoms with Crippen LogP contribution in [-0.4, -0.2) is 27.7 Å². The predicted octanol–water partition coefficient (Wildman–Crippen LogP) is 4.73. The Labute approximate surface area is 183 Å². The smallest absolute Gasteiger partial charge is 0.358 e. The molecule has 1 heterocycles. The lowest BCUT2D eigenvalue weighted by molar-refractivity contribution is 0.0685. The SMILES string of the molecule is COc1c(C(=O)O)nc(C(C)C(c2ccccc2Cl)c2ccccc2Cl)n(C)c1=O. The molecule has 2 aromatic carbocycles. The quantitative estimate of drug-likeness (QED) is 0.591. The number of rotatable bonds is 6. The first-order valence-corrected chi connectivity index (χ1v) is 9.90. The summed E-state index contributed by atoms with van der Waals surface area (Å²) in [4.78, 5) is 28.8. The van der Waals surface area contributed by atoms with Crippen LogP contribution in [0, 0.1) is 0 Å². The van der Waals surface area contributed by atoms with E-state index in [1.54, 1.807) is 12.1 Å². The number of nitrogens with zero attached hydrogens (tertiary/aromatic N) is 2. The minimum atomic E-state index is -1.34. The van der Waals surface area contributed by atoms with Crippen molar-refractivity contribution in [2.75, 3.05) is 7.11 Å². The van der Waals surface area contributed by atoms with Crippen molar-refractivity contribution in [3.05, 3.63) is 91.6 Å². The van der Waals surface area contributed by atoms with Crippen LogP contribution >= 0.6 is 23.2 Å². The van der Waals surface area contributed by atoms with E-state index in [2.05, 4.69) is 4.98 Å². The molecule has 156 valence electrons. The van der Waals surface area contributed by atoms with Crippen molar-refractivity contribution in [2.45, 2.75) is 18.8 Å². The predicted molar refractivity (Wildman–Crippen MR) is 116 cm³/mol. The van der Waals surface area contributed by atoms with Gasteiger partial charge >= 0.3 is 5.97 Å². The van der Waals surface area contributed by atoms with E-state index in [0.717, 1.165) is 11.1 Å². The second kappa shape index (κ2) is 8.90. The molecular weight excluding hydrogens is 427 g/mol. The molecule has 1 unspecified atom stereocenters. The van der Waals surface area contributed by atoms with E-state index in [4.69, 9.17) is 27.9 Å². The summed E-state index contributed by atoms with van der Waals surface area (Å²) in [5.41, 5.74) is 0.576. The Kier molecular flexibility index (Phi) is 6.48. The highest BCUT2D eigenvalue weighted by molar-refractivity contribution is 6.32. The normalized spacial score (nSPS) is 12.1. The van der Waals surface area contributed by atoms with Gasteiger partial charge in [0.15, 0.2) is 5.69 Å². The molecule has 0 saturated carbocycles. The summed E-state index contributed by atoms with van der Waals surface area (Å²) >= 11 is 13.0. The van der Waals surface area contributed by atoms with Gasteiger partial charge in [-0.05, 0) is 23.3 Å². The zero-order valence-electron chi connectivity index (χ0n) is 16.6. The van der Waals surface area contributed by atoms with Crippen LogP contribution in [0.25, 0.3) is 0 Å². The first-order valence-electron chi connectivity index (χ1n) is 9.15. The number of halogens is 2. The van der Waals surface area contributed by atoms with Gasteiger partial charge in [-0.2, -0.15) is 0 Å². The van der Waals surface area contributed by atoms with Gasteiger partial charge in [-0.1, -0.05) is 66.5 Å². The second-order valence-electron chi connectivity index (χ2n) is 6.83. The van der Waals surface area contributed by atoms with Crippen LogP contribution in [0.4, 0.5) is 0 Å². The minimum absolute atomic E-state index is 0.281. The van der Waals surface area contributed by atoms with E-state index in [0.29, 0.717) is 10.0 Å². The van der Waals surface area contributed by atoms with Crippen molar-refractivity contribution in [1.82, 2.24) is 9.55 Å². The number of aromatic carboxylic acids is 1. The van der Waals surface area contributed by atoms with Crippen LogP contribution in [0.15, 0.2) is 53.3 Å². The summed E-state index contributed by atoms with van der Waals surface area (Å²) in [6.45, 7) is 1.86. The van der Waals surface area contributed by atoms with Crippen LogP contribution in [-0.2, 0) is 7.05 Å². The lowest BCUT2D eigenvalue weighted by Crippen LogP contribution is -2.29. The standard InChI is InChI=1S/C22H20Cl2N2O4/c1-12(20-25-18(22(28)29)19(30-3)21(27)26(20)2)17(13-8-4-6-10-15(13)23)14-9-5-7-11-16(14)24/h4-12,17H,1-3H3,(H,28,29). The fourth-order valence-corrected chi connectivity index (χ4v) is 4.15. The number of hydrogen-bond acceptors (Lipinski definition) is 4. The minimum Gasteiger partial charge on any atom is -0.489 e. The molecule has 0 aliphatic heterocycles. The molecule has 0 amide bonds. The van der Waals surface area contributed by atoms with Gasteiger partial charge < -0.3 is 9.84 Å². The fourth-order valence-electron chi connectivity index (χ4n) is 3.64. The number of carboxylic acid groups (broad SMARTS) is 1. The molecule has 0 spiro atoms. The molecule has 0 aliphatic rings. The van der Waals surface area contributed by atoms with E-state index in [1.807, 2.05) is 43.3 Å². The van der Waals surface area contributed by atoms with Crippen LogP contribution in [0.1, 0.15) is 46.2 Å². The van der Waals surface area contributed by atoms with Gasteiger partial charge in [0.25, 0.3) is 5.56 Å². The van der Waals surface area contributed by atoms with Gasteiger partial charge in [0.1, 0.15) is 5.82 Å². The largest absolute Gasteiger partial charge is 0.489 e. The van der Waals surface area contributed by atoms with Gasteiger partial charge in [-0.3, -0.25) is 9.36 Å². The highest BCUT2D eigenvalue weighted by atomic mass is 35.5. The van der Waals surface area contributed by atoms with E-state index in [-0.39, 0.29) is 17.5 Å². The highest BCUT2D eigenvalue weighted by Crippen LogP contribution is 2.42. The van der Waals surface area contributed by atoms with Gasteiger partial charge in [0.2, 0.25) is 5.75 Å². The Morgan fingerprint density at radius 3 is 2.00 bits per heavy atom. The maximum Gasteiger partial charge on any atom is 0.358 e. The summed E-state index contributed by atoms with van der Waals surface area (Å²) in [6, 6.07) is 14.7. The molecule has 1 aromatic heterocycles. The van der Waals surface area contributed by atoms with Crippen LogP contribution < -0.4 is 10.3 Å². The molecule has 6 nitrogen and oxygen atoms in total. The Morgan fingerprint density at radius 1 is 1.07 bits per heavy atom. The summed E-state index contributed by atoms with van der Waals surface area (Å²) in [6.07, 6.45) is 0. The molecule has 3 aromatic rings. The average molecular weight is 447 g/mol. The molecule has 1 N–H and O–H groups in total. The molecule has 3 rings (SSSR count). The molecule has 30 heavy (non-hydrogen) atoms. The van der Waals surface area contributed by atoms with Gasteiger partial charge in [-0.25, -0.2) is 9.78 Å². The van der Waals surface area contributed by atoms with E-state index in [9.17, 15) is 14.7 Å². The fraction of sp³-hybridized carbons (Fsp3) is 0.227. The van der Waals surface area contributed by atoms with Crippen LogP contribution in [0.2, 0.25) is 10.0 Å². The number of ether oxygens (including phenoxy) is 1. The van der Waals surface area contributed by atoms with Crippen molar-refractivity contribution >= 4 is 29.2 Å². The molecule has 8 heteroatoms. The topological polar surface area (TPSA) is 81.4 Å². The van der Waals surface area contributed by atoms with Crippen molar-refractivity contribution < 1.29 is 14.6 Å². The number of carboxylic acids is 1. The molecule has 0 radical (unpaired) electrons. The van der Waals surface area contributed by atoms with Crippen LogP contribution in [0.5, 0.6) is 5.75 Å². The summed E-state index contributed by atoms with van der Waals surface area (Å²) in [5, 5.41) is 10.6. The van der Waals surface area contributed by atoms with Gasteiger partial charge in [0, 0.05) is 28.9 Å². The summed E-state index contributed by atoms with van der Waals surface area (Å²) < 4.78 is 6.30. The Hall–Kier alpha value is -2.83. The Bertz CT molecular complexity index is 1110. The average Bonchev–Trinajstić information content (AvgIpc) is 2.72. The van der Waals surface area contributed by atoms with Crippen molar-refractivity contribution in [2.24, 2.45) is 7.05 Å². The third-order valence-electron chi connectivity index (χ3n) is 5.08. The lowest BCUT2D eigenvalue weighted by Gasteiger charge is -2.28. The molecule has 0 bridgehead atoms. The van der Waals surface area contributed by atoms with Crippen molar-refractivity contribution in [3.63, 3.8) is 0 Å².